The zero-order valence-electron chi connectivity index (χ0n) is 11.0. The van der Waals surface area contributed by atoms with Gasteiger partial charge in [0.2, 0.25) is 4.87 Å². The predicted octanol–water partition coefficient (Wildman–Crippen LogP) is 2.05. The molecule has 1 aliphatic carbocycles. The number of hydrogen-bond donors (Lipinski definition) is 0. The first-order valence-electron chi connectivity index (χ1n) is 6.70. The van der Waals surface area contributed by atoms with Gasteiger partial charge in [-0.15, -0.1) is 0 Å². The van der Waals surface area contributed by atoms with Gasteiger partial charge >= 0.3 is 5.97 Å². The molecule has 0 aromatic heterocycles. The highest BCUT2D eigenvalue weighted by molar-refractivity contribution is 6.47. The lowest BCUT2D eigenvalue weighted by Gasteiger charge is -2.34. The number of fused-ring (bicyclic) bond motifs is 1. The Balaban J connectivity index is 2.01. The molecule has 2 fully saturated rings. The van der Waals surface area contributed by atoms with Crippen LogP contribution in [0.2, 0.25) is 0 Å². The summed E-state index contributed by atoms with van der Waals surface area (Å²) in [6.07, 6.45) is -0.103. The smallest absolute Gasteiger partial charge is 0.335 e. The lowest BCUT2D eigenvalue weighted by Crippen LogP contribution is -2.53. The standard InChI is InChI=1S/C15H15ClO4/c1-2-19-14(18)15(16)10(9-6-4-3-5-7-9)8-11-12(20-11)13(15)17/h3-7,10-12H,2,8H2,1H3/t10-,11+,12+,15?/m0/s1. The van der Waals surface area contributed by atoms with E-state index >= 15 is 0 Å². The number of hydrogen-bond acceptors (Lipinski definition) is 4. The predicted molar refractivity (Wildman–Crippen MR) is 72.7 cm³/mol. The molecular weight excluding hydrogens is 280 g/mol. The number of epoxide rings is 1. The van der Waals surface area contributed by atoms with Crippen molar-refractivity contribution in [2.45, 2.75) is 36.3 Å². The highest BCUT2D eigenvalue weighted by atomic mass is 35.5. The van der Waals surface area contributed by atoms with Gasteiger partial charge in [0.15, 0.2) is 5.78 Å². The van der Waals surface area contributed by atoms with Gasteiger partial charge in [-0.25, -0.2) is 4.79 Å². The molecule has 0 radical (unpaired) electrons. The van der Waals surface area contributed by atoms with Crippen LogP contribution < -0.4 is 0 Å². The van der Waals surface area contributed by atoms with Gasteiger partial charge < -0.3 is 9.47 Å². The Morgan fingerprint density at radius 3 is 2.80 bits per heavy atom. The zero-order chi connectivity index (χ0) is 14.3. The summed E-state index contributed by atoms with van der Waals surface area (Å²) in [6, 6.07) is 9.35. The summed E-state index contributed by atoms with van der Waals surface area (Å²) in [5.74, 6) is -1.46. The fourth-order valence-electron chi connectivity index (χ4n) is 2.86. The molecule has 2 aliphatic rings. The van der Waals surface area contributed by atoms with E-state index < -0.39 is 22.9 Å². The van der Waals surface area contributed by atoms with Gasteiger partial charge in [-0.05, 0) is 18.9 Å². The van der Waals surface area contributed by atoms with Crippen molar-refractivity contribution in [1.29, 1.82) is 0 Å². The molecule has 0 amide bonds. The largest absolute Gasteiger partial charge is 0.464 e. The molecule has 1 saturated heterocycles. The van der Waals surface area contributed by atoms with Crippen molar-refractivity contribution in [3.8, 4) is 0 Å². The molecule has 0 spiro atoms. The molecule has 1 unspecified atom stereocenters. The Kier molecular flexibility index (Phi) is 3.30. The lowest BCUT2D eigenvalue weighted by molar-refractivity contribution is -0.151. The van der Waals surface area contributed by atoms with Gasteiger partial charge in [0, 0.05) is 5.92 Å². The van der Waals surface area contributed by atoms with Crippen molar-refractivity contribution in [2.75, 3.05) is 6.61 Å². The number of Topliss-reactive ketones (excluding diaryl/α,β-unsaturated/α-hetero) is 1. The van der Waals surface area contributed by atoms with E-state index in [4.69, 9.17) is 21.1 Å². The second-order valence-electron chi connectivity index (χ2n) is 5.09. The third kappa shape index (κ3) is 1.95. The summed E-state index contributed by atoms with van der Waals surface area (Å²) < 4.78 is 10.3. The van der Waals surface area contributed by atoms with Crippen LogP contribution in [0.15, 0.2) is 30.3 Å². The van der Waals surface area contributed by atoms with Gasteiger partial charge in [0.05, 0.1) is 12.7 Å². The zero-order valence-corrected chi connectivity index (χ0v) is 11.8. The van der Waals surface area contributed by atoms with E-state index in [0.29, 0.717) is 6.42 Å². The Labute approximate surface area is 122 Å². The SMILES string of the molecule is CCOC(=O)C1(Cl)C(=O)[C@@H]2O[C@@H]2C[C@H]1c1ccccc1. The summed E-state index contributed by atoms with van der Waals surface area (Å²) in [6.45, 7) is 1.89. The highest BCUT2D eigenvalue weighted by Crippen LogP contribution is 2.51. The van der Waals surface area contributed by atoms with E-state index in [0.717, 1.165) is 5.56 Å². The minimum Gasteiger partial charge on any atom is -0.464 e. The van der Waals surface area contributed by atoms with Crippen molar-refractivity contribution >= 4 is 23.4 Å². The number of carbonyl (C=O) groups excluding carboxylic acids is 2. The van der Waals surface area contributed by atoms with E-state index in [9.17, 15) is 9.59 Å². The fourth-order valence-corrected chi connectivity index (χ4v) is 3.23. The number of rotatable bonds is 3. The summed E-state index contributed by atoms with van der Waals surface area (Å²) in [5, 5.41) is 0. The Hall–Kier alpha value is -1.39. The van der Waals surface area contributed by atoms with Crippen LogP contribution in [0.3, 0.4) is 0 Å². The van der Waals surface area contributed by atoms with Crippen molar-refractivity contribution in [2.24, 2.45) is 0 Å². The van der Waals surface area contributed by atoms with Crippen molar-refractivity contribution in [3.05, 3.63) is 35.9 Å². The fraction of sp³-hybridized carbons (Fsp3) is 0.467. The number of ether oxygens (including phenoxy) is 2. The molecule has 20 heavy (non-hydrogen) atoms. The van der Waals surface area contributed by atoms with Crippen LogP contribution in [0.1, 0.15) is 24.8 Å². The number of alkyl halides is 1. The number of carbonyl (C=O) groups is 2. The number of benzene rings is 1. The van der Waals surface area contributed by atoms with E-state index in [2.05, 4.69) is 0 Å². The van der Waals surface area contributed by atoms with Crippen LogP contribution in [0.5, 0.6) is 0 Å². The molecule has 1 saturated carbocycles. The van der Waals surface area contributed by atoms with Gasteiger partial charge in [0.25, 0.3) is 0 Å². The minimum atomic E-state index is -1.67. The summed E-state index contributed by atoms with van der Waals surface area (Å²) >= 11 is 6.47. The van der Waals surface area contributed by atoms with Gasteiger partial charge in [-0.1, -0.05) is 41.9 Å². The lowest BCUT2D eigenvalue weighted by atomic mass is 9.74. The molecule has 3 rings (SSSR count). The second kappa shape index (κ2) is 4.86. The molecule has 0 bridgehead atoms. The maximum Gasteiger partial charge on any atom is 0.335 e. The normalized spacial score (nSPS) is 35.3. The maximum atomic E-state index is 12.4. The molecule has 1 aliphatic heterocycles. The molecule has 4 atom stereocenters. The number of esters is 1. The van der Waals surface area contributed by atoms with Crippen molar-refractivity contribution in [3.63, 3.8) is 0 Å². The third-order valence-electron chi connectivity index (χ3n) is 3.92. The quantitative estimate of drug-likeness (QED) is 0.370. The molecule has 4 nitrogen and oxygen atoms in total. The van der Waals surface area contributed by atoms with Crippen LogP contribution in [-0.4, -0.2) is 35.4 Å². The summed E-state index contributed by atoms with van der Waals surface area (Å²) in [7, 11) is 0. The van der Waals surface area contributed by atoms with Crippen LogP contribution in [0.25, 0.3) is 0 Å². The molecule has 106 valence electrons. The van der Waals surface area contributed by atoms with Gasteiger partial charge in [-0.3, -0.25) is 4.79 Å². The molecular formula is C15H15ClO4. The van der Waals surface area contributed by atoms with E-state index in [1.165, 1.54) is 0 Å². The van der Waals surface area contributed by atoms with Crippen LogP contribution in [0, 0.1) is 0 Å². The minimum absolute atomic E-state index is 0.117. The number of halogens is 1. The first kappa shape index (κ1) is 13.6. The third-order valence-corrected chi connectivity index (χ3v) is 4.53. The maximum absolute atomic E-state index is 12.4. The molecule has 0 N–H and O–H groups in total. The van der Waals surface area contributed by atoms with Crippen LogP contribution in [0.4, 0.5) is 0 Å². The van der Waals surface area contributed by atoms with Crippen molar-refractivity contribution in [1.82, 2.24) is 0 Å². The molecule has 1 aromatic carbocycles. The first-order chi connectivity index (χ1) is 9.59. The summed E-state index contributed by atoms with van der Waals surface area (Å²) in [5.41, 5.74) is 0.859. The topological polar surface area (TPSA) is 55.9 Å². The second-order valence-corrected chi connectivity index (χ2v) is 5.69. The highest BCUT2D eigenvalue weighted by Gasteiger charge is 2.66. The Morgan fingerprint density at radius 2 is 2.15 bits per heavy atom. The van der Waals surface area contributed by atoms with E-state index in [-0.39, 0.29) is 18.5 Å². The average molecular weight is 295 g/mol. The molecule has 1 heterocycles. The molecule has 5 heteroatoms. The van der Waals surface area contributed by atoms with E-state index in [1.54, 1.807) is 6.92 Å². The van der Waals surface area contributed by atoms with Crippen LogP contribution in [-0.2, 0) is 19.1 Å². The Morgan fingerprint density at radius 1 is 1.45 bits per heavy atom. The van der Waals surface area contributed by atoms with Crippen LogP contribution >= 0.6 is 11.6 Å². The monoisotopic (exact) mass is 294 g/mol. The summed E-state index contributed by atoms with van der Waals surface area (Å²) in [4.78, 5) is 23.0. The van der Waals surface area contributed by atoms with Gasteiger partial charge in [-0.2, -0.15) is 0 Å². The molecule has 1 aromatic rings. The van der Waals surface area contributed by atoms with E-state index in [1.807, 2.05) is 30.3 Å². The average Bonchev–Trinajstić information content (AvgIpc) is 3.23. The van der Waals surface area contributed by atoms with Gasteiger partial charge in [0.1, 0.15) is 6.10 Å². The number of ketones is 1. The Bertz CT molecular complexity index is 544. The first-order valence-corrected chi connectivity index (χ1v) is 7.07. The van der Waals surface area contributed by atoms with Crippen molar-refractivity contribution < 1.29 is 19.1 Å².